The van der Waals surface area contributed by atoms with E-state index in [9.17, 15) is 14.7 Å². The Bertz CT molecular complexity index is 1300. The minimum absolute atomic E-state index is 0.0691. The number of aliphatic hydroxyl groups excluding tert-OH is 1. The van der Waals surface area contributed by atoms with E-state index in [-0.39, 0.29) is 11.3 Å². The molecule has 33 heavy (non-hydrogen) atoms. The predicted octanol–water partition coefficient (Wildman–Crippen LogP) is 4.63. The molecule has 0 spiro atoms. The normalized spacial score (nSPS) is 17.1. The van der Waals surface area contributed by atoms with E-state index in [1.54, 1.807) is 67.8 Å². The van der Waals surface area contributed by atoms with Gasteiger partial charge < -0.3 is 9.84 Å². The fraction of sp³-hybridized carbons (Fsp3) is 0.120. The maximum absolute atomic E-state index is 13.2. The Morgan fingerprint density at radius 2 is 1.85 bits per heavy atom. The van der Waals surface area contributed by atoms with Gasteiger partial charge >= 0.3 is 0 Å². The summed E-state index contributed by atoms with van der Waals surface area (Å²) in [7, 11) is 0. The number of pyridine rings is 1. The van der Waals surface area contributed by atoms with E-state index in [4.69, 9.17) is 21.6 Å². The van der Waals surface area contributed by atoms with Gasteiger partial charge in [-0.15, -0.1) is 0 Å². The number of nitriles is 1. The third kappa shape index (κ3) is 4.04. The van der Waals surface area contributed by atoms with Crippen molar-refractivity contribution in [2.24, 2.45) is 0 Å². The van der Waals surface area contributed by atoms with Crippen LogP contribution in [0.1, 0.15) is 29.7 Å². The highest BCUT2D eigenvalue weighted by molar-refractivity contribution is 6.51. The summed E-state index contributed by atoms with van der Waals surface area (Å²) < 4.78 is 5.50. The molecule has 3 aromatic rings. The van der Waals surface area contributed by atoms with Gasteiger partial charge in [-0.25, -0.2) is 0 Å². The first-order valence-electron chi connectivity index (χ1n) is 10.1. The van der Waals surface area contributed by atoms with Gasteiger partial charge in [0.1, 0.15) is 11.5 Å². The molecule has 1 fully saturated rings. The van der Waals surface area contributed by atoms with Gasteiger partial charge in [0.05, 0.1) is 34.9 Å². The molecule has 0 saturated carbocycles. The van der Waals surface area contributed by atoms with Crippen LogP contribution < -0.4 is 9.64 Å². The van der Waals surface area contributed by atoms with Crippen LogP contribution in [-0.2, 0) is 9.59 Å². The number of hydrogen-bond acceptors (Lipinski definition) is 6. The molecule has 1 N–H and O–H groups in total. The summed E-state index contributed by atoms with van der Waals surface area (Å²) in [5.41, 5.74) is 1.65. The number of halogens is 1. The van der Waals surface area contributed by atoms with Crippen LogP contribution in [0.25, 0.3) is 5.76 Å². The van der Waals surface area contributed by atoms with Gasteiger partial charge in [-0.05, 0) is 67.1 Å². The van der Waals surface area contributed by atoms with E-state index in [2.05, 4.69) is 4.98 Å². The fourth-order valence-electron chi connectivity index (χ4n) is 3.73. The zero-order chi connectivity index (χ0) is 23.5. The number of ketones is 1. The quantitative estimate of drug-likeness (QED) is 0.339. The second kappa shape index (κ2) is 9.15. The lowest BCUT2D eigenvalue weighted by Crippen LogP contribution is -2.29. The zero-order valence-corrected chi connectivity index (χ0v) is 18.3. The molecule has 1 aromatic heterocycles. The third-order valence-corrected chi connectivity index (χ3v) is 5.56. The van der Waals surface area contributed by atoms with Gasteiger partial charge in [-0.3, -0.25) is 19.5 Å². The van der Waals surface area contributed by atoms with Crippen molar-refractivity contribution in [2.75, 3.05) is 11.5 Å². The molecule has 164 valence electrons. The second-order valence-electron chi connectivity index (χ2n) is 7.19. The number of benzene rings is 2. The third-order valence-electron chi connectivity index (χ3n) is 5.25. The van der Waals surface area contributed by atoms with E-state index >= 15 is 0 Å². The van der Waals surface area contributed by atoms with E-state index in [0.717, 1.165) is 0 Å². The first-order valence-corrected chi connectivity index (χ1v) is 10.5. The molecule has 2 aromatic carbocycles. The number of rotatable bonds is 5. The Morgan fingerprint density at radius 1 is 1.15 bits per heavy atom. The number of carbonyl (C=O) groups is 2. The minimum atomic E-state index is -0.896. The monoisotopic (exact) mass is 459 g/mol. The van der Waals surface area contributed by atoms with Crippen LogP contribution in [0.4, 0.5) is 5.69 Å². The highest BCUT2D eigenvalue weighted by Crippen LogP contribution is 2.42. The molecular formula is C25H18ClN3O4. The Kier molecular flexibility index (Phi) is 6.11. The molecule has 1 aliphatic rings. The predicted molar refractivity (Wildman–Crippen MR) is 123 cm³/mol. The van der Waals surface area contributed by atoms with E-state index in [1.165, 1.54) is 11.0 Å². The summed E-state index contributed by atoms with van der Waals surface area (Å²) in [6.07, 6.45) is 3.09. The van der Waals surface area contributed by atoms with Gasteiger partial charge in [0.15, 0.2) is 0 Å². The number of amides is 1. The number of aliphatic hydroxyl groups is 1. The van der Waals surface area contributed by atoms with Gasteiger partial charge in [0.2, 0.25) is 0 Å². The van der Waals surface area contributed by atoms with Crippen LogP contribution in [-0.4, -0.2) is 28.4 Å². The van der Waals surface area contributed by atoms with Crippen molar-refractivity contribution < 1.29 is 19.4 Å². The smallest absolute Gasteiger partial charge is 0.300 e. The molecule has 7 nitrogen and oxygen atoms in total. The number of ether oxygens (including phenoxy) is 1. The maximum Gasteiger partial charge on any atom is 0.300 e. The van der Waals surface area contributed by atoms with E-state index in [0.29, 0.717) is 39.8 Å². The standard InChI is InChI=1S/C25H18ClN3O4/c1-2-33-20-13-17(5-8-19(20)26)23(30)21-22(16-9-11-28-12-10-16)29(25(32)24(21)31)18-6-3-15(14-27)4-7-18/h3-13,22,30H,2H2,1H3/b23-21-. The van der Waals surface area contributed by atoms with Crippen molar-refractivity contribution in [1.29, 1.82) is 5.26 Å². The molecule has 1 saturated heterocycles. The van der Waals surface area contributed by atoms with Crippen molar-refractivity contribution >= 4 is 34.7 Å². The van der Waals surface area contributed by atoms with E-state index in [1.807, 2.05) is 6.07 Å². The summed E-state index contributed by atoms with van der Waals surface area (Å²) in [5.74, 6) is -1.61. The molecule has 1 unspecified atom stereocenters. The first-order chi connectivity index (χ1) is 16.0. The molecule has 8 heteroatoms. The Hall–Kier alpha value is -4.15. The summed E-state index contributed by atoms with van der Waals surface area (Å²) in [5, 5.41) is 20.6. The van der Waals surface area contributed by atoms with Gasteiger partial charge in [-0.1, -0.05) is 11.6 Å². The SMILES string of the molecule is CCOc1cc(/C(O)=C2/C(=O)C(=O)N(c3ccc(C#N)cc3)C2c2ccncc2)ccc1Cl. The number of nitrogens with zero attached hydrogens (tertiary/aromatic N) is 3. The lowest BCUT2D eigenvalue weighted by molar-refractivity contribution is -0.132. The maximum atomic E-state index is 13.2. The molecule has 0 bridgehead atoms. The van der Waals surface area contributed by atoms with E-state index < -0.39 is 17.7 Å². The fourth-order valence-corrected chi connectivity index (χ4v) is 3.90. The number of Topliss-reactive ketones (excluding diaryl/α,β-unsaturated/α-hetero) is 1. The molecule has 4 rings (SSSR count). The highest BCUT2D eigenvalue weighted by Gasteiger charge is 2.47. The Morgan fingerprint density at radius 3 is 2.48 bits per heavy atom. The van der Waals surface area contributed by atoms with Crippen LogP contribution in [0.5, 0.6) is 5.75 Å². The molecule has 2 heterocycles. The van der Waals surface area contributed by atoms with Crippen molar-refractivity contribution in [1.82, 2.24) is 4.98 Å². The van der Waals surface area contributed by atoms with Crippen molar-refractivity contribution in [2.45, 2.75) is 13.0 Å². The molecule has 0 radical (unpaired) electrons. The lowest BCUT2D eigenvalue weighted by Gasteiger charge is -2.25. The summed E-state index contributed by atoms with van der Waals surface area (Å²) in [4.78, 5) is 31.6. The topological polar surface area (TPSA) is 104 Å². The van der Waals surface area contributed by atoms with Crippen molar-refractivity contribution in [3.63, 3.8) is 0 Å². The second-order valence-corrected chi connectivity index (χ2v) is 7.59. The number of aromatic nitrogens is 1. The summed E-state index contributed by atoms with van der Waals surface area (Å²) in [6.45, 7) is 2.17. The van der Waals surface area contributed by atoms with Crippen LogP contribution in [0.3, 0.4) is 0 Å². The molecule has 1 atom stereocenters. The largest absolute Gasteiger partial charge is 0.507 e. The first kappa shape index (κ1) is 22.1. The number of carbonyl (C=O) groups excluding carboxylic acids is 2. The van der Waals surface area contributed by atoms with Crippen LogP contribution in [0.2, 0.25) is 5.02 Å². The van der Waals surface area contributed by atoms with Crippen LogP contribution in [0.15, 0.2) is 72.6 Å². The van der Waals surface area contributed by atoms with Crippen LogP contribution in [0, 0.1) is 11.3 Å². The molecule has 1 amide bonds. The highest BCUT2D eigenvalue weighted by atomic mass is 35.5. The van der Waals surface area contributed by atoms with Gasteiger partial charge in [0.25, 0.3) is 11.7 Å². The van der Waals surface area contributed by atoms with Crippen molar-refractivity contribution in [3.8, 4) is 11.8 Å². The average Bonchev–Trinajstić information content (AvgIpc) is 3.11. The zero-order valence-electron chi connectivity index (χ0n) is 17.5. The van der Waals surface area contributed by atoms with Crippen molar-refractivity contribution in [3.05, 3.63) is 94.3 Å². The lowest BCUT2D eigenvalue weighted by atomic mass is 9.95. The van der Waals surface area contributed by atoms with Gasteiger partial charge in [-0.2, -0.15) is 5.26 Å². The van der Waals surface area contributed by atoms with Crippen LogP contribution >= 0.6 is 11.6 Å². The van der Waals surface area contributed by atoms with Gasteiger partial charge in [0, 0.05) is 23.6 Å². The molecule has 1 aliphatic heterocycles. The number of hydrogen-bond donors (Lipinski definition) is 1. The summed E-state index contributed by atoms with van der Waals surface area (Å²) in [6, 6.07) is 15.4. The molecular weight excluding hydrogens is 442 g/mol. The number of anilines is 1. The minimum Gasteiger partial charge on any atom is -0.507 e. The molecule has 0 aliphatic carbocycles. The Labute approximate surface area is 195 Å². The summed E-state index contributed by atoms with van der Waals surface area (Å²) >= 11 is 6.16. The Balaban J connectivity index is 1.91. The average molecular weight is 460 g/mol.